The van der Waals surface area contributed by atoms with Gasteiger partial charge in [-0.1, -0.05) is 33.6 Å². The maximum absolute atomic E-state index is 6.17. The lowest BCUT2D eigenvalue weighted by atomic mass is 10.2. The number of methoxy groups -OCH3 is 1. The van der Waals surface area contributed by atoms with Crippen molar-refractivity contribution in [3.63, 3.8) is 0 Å². The summed E-state index contributed by atoms with van der Waals surface area (Å²) < 4.78 is 6.14. The number of nitrogens with zero attached hydrogens (tertiary/aromatic N) is 1. The molecule has 0 aromatic heterocycles. The van der Waals surface area contributed by atoms with E-state index in [-0.39, 0.29) is 0 Å². The van der Waals surface area contributed by atoms with Gasteiger partial charge in [-0.2, -0.15) is 0 Å². The van der Waals surface area contributed by atoms with Crippen molar-refractivity contribution in [3.8, 4) is 0 Å². The Balaban J connectivity index is 2.65. The first-order valence-corrected chi connectivity index (χ1v) is 6.34. The average Bonchev–Trinajstić information content (AvgIpc) is 2.22. The van der Waals surface area contributed by atoms with Gasteiger partial charge in [-0.25, -0.2) is 0 Å². The molecule has 4 heteroatoms. The van der Waals surface area contributed by atoms with E-state index in [0.29, 0.717) is 6.04 Å². The molecule has 1 aromatic carbocycles. The molecule has 0 aliphatic carbocycles. The SMILES string of the molecule is COCC(C)N(C)Cc1ccc(Br)cc1Cl. The number of hydrogen-bond acceptors (Lipinski definition) is 2. The van der Waals surface area contributed by atoms with Crippen molar-refractivity contribution < 1.29 is 4.74 Å². The van der Waals surface area contributed by atoms with E-state index in [2.05, 4.69) is 34.8 Å². The lowest BCUT2D eigenvalue weighted by Crippen LogP contribution is -2.32. The molecule has 0 fully saturated rings. The quantitative estimate of drug-likeness (QED) is 0.824. The number of hydrogen-bond donors (Lipinski definition) is 0. The molecule has 1 unspecified atom stereocenters. The fraction of sp³-hybridized carbons (Fsp3) is 0.500. The summed E-state index contributed by atoms with van der Waals surface area (Å²) in [6, 6.07) is 6.36. The molecule has 1 aromatic rings. The third kappa shape index (κ3) is 4.06. The van der Waals surface area contributed by atoms with E-state index >= 15 is 0 Å². The molecular formula is C12H17BrClNO. The van der Waals surface area contributed by atoms with Crippen molar-refractivity contribution in [1.29, 1.82) is 0 Å². The Morgan fingerprint density at radius 3 is 2.75 bits per heavy atom. The van der Waals surface area contributed by atoms with Gasteiger partial charge in [0.05, 0.1) is 6.61 Å². The molecule has 1 atom stereocenters. The molecule has 0 aliphatic rings. The molecule has 0 aliphatic heterocycles. The van der Waals surface area contributed by atoms with Gasteiger partial charge >= 0.3 is 0 Å². The maximum Gasteiger partial charge on any atom is 0.0615 e. The Bertz CT molecular complexity index is 346. The van der Waals surface area contributed by atoms with Gasteiger partial charge < -0.3 is 4.74 Å². The Morgan fingerprint density at radius 1 is 1.50 bits per heavy atom. The number of likely N-dealkylation sites (N-methyl/N-ethyl adjacent to an activating group) is 1. The largest absolute Gasteiger partial charge is 0.383 e. The van der Waals surface area contributed by atoms with Crippen LogP contribution in [-0.4, -0.2) is 31.7 Å². The van der Waals surface area contributed by atoms with Gasteiger partial charge in [0.25, 0.3) is 0 Å². The summed E-state index contributed by atoms with van der Waals surface area (Å²) in [6.45, 7) is 3.69. The lowest BCUT2D eigenvalue weighted by Gasteiger charge is -2.24. The molecule has 0 saturated carbocycles. The van der Waals surface area contributed by atoms with Crippen molar-refractivity contribution in [2.75, 3.05) is 20.8 Å². The first-order chi connectivity index (χ1) is 7.54. The molecule has 2 nitrogen and oxygen atoms in total. The molecule has 0 saturated heterocycles. The minimum absolute atomic E-state index is 0.379. The normalized spacial score (nSPS) is 13.1. The van der Waals surface area contributed by atoms with Crippen LogP contribution in [0.5, 0.6) is 0 Å². The molecule has 1 rings (SSSR count). The van der Waals surface area contributed by atoms with E-state index in [9.17, 15) is 0 Å². The first-order valence-electron chi connectivity index (χ1n) is 5.17. The third-order valence-electron chi connectivity index (χ3n) is 2.60. The second-order valence-electron chi connectivity index (χ2n) is 3.96. The van der Waals surface area contributed by atoms with Crippen LogP contribution in [0.1, 0.15) is 12.5 Å². The van der Waals surface area contributed by atoms with Crippen LogP contribution in [-0.2, 0) is 11.3 Å². The predicted octanol–water partition coefficient (Wildman–Crippen LogP) is 3.57. The van der Waals surface area contributed by atoms with Crippen LogP contribution in [0.15, 0.2) is 22.7 Å². The van der Waals surface area contributed by atoms with Gasteiger partial charge in [-0.3, -0.25) is 4.90 Å². The summed E-state index contributed by atoms with van der Waals surface area (Å²) in [7, 11) is 3.79. The number of halogens is 2. The van der Waals surface area contributed by atoms with E-state index in [1.165, 1.54) is 0 Å². The highest BCUT2D eigenvalue weighted by Gasteiger charge is 2.11. The molecule has 0 amide bonds. The van der Waals surface area contributed by atoms with E-state index < -0.39 is 0 Å². The van der Waals surface area contributed by atoms with Crippen molar-refractivity contribution in [2.45, 2.75) is 19.5 Å². The number of rotatable bonds is 5. The Labute approximate surface area is 111 Å². The highest BCUT2D eigenvalue weighted by Crippen LogP contribution is 2.22. The second-order valence-corrected chi connectivity index (χ2v) is 5.28. The highest BCUT2D eigenvalue weighted by atomic mass is 79.9. The third-order valence-corrected chi connectivity index (χ3v) is 3.44. The van der Waals surface area contributed by atoms with Crippen LogP contribution >= 0.6 is 27.5 Å². The van der Waals surface area contributed by atoms with Crippen LogP contribution in [0.2, 0.25) is 5.02 Å². The molecule has 0 heterocycles. The summed E-state index contributed by atoms with van der Waals surface area (Å²) in [5.41, 5.74) is 1.13. The fourth-order valence-electron chi connectivity index (χ4n) is 1.44. The summed E-state index contributed by atoms with van der Waals surface area (Å²) in [4.78, 5) is 2.22. The molecule has 0 radical (unpaired) electrons. The van der Waals surface area contributed by atoms with Gasteiger partial charge in [0.1, 0.15) is 0 Å². The van der Waals surface area contributed by atoms with Crippen LogP contribution in [0.4, 0.5) is 0 Å². The van der Waals surface area contributed by atoms with Crippen LogP contribution in [0.3, 0.4) is 0 Å². The molecule has 0 bridgehead atoms. The zero-order valence-electron chi connectivity index (χ0n) is 9.84. The molecule has 0 N–H and O–H groups in total. The van der Waals surface area contributed by atoms with E-state index in [1.54, 1.807) is 7.11 Å². The van der Waals surface area contributed by atoms with E-state index in [0.717, 1.165) is 28.2 Å². The second kappa shape index (κ2) is 6.60. The average molecular weight is 307 g/mol. The number of benzene rings is 1. The number of ether oxygens (including phenoxy) is 1. The van der Waals surface area contributed by atoms with Crippen molar-refractivity contribution >= 4 is 27.5 Å². The first kappa shape index (κ1) is 14.0. The fourth-order valence-corrected chi connectivity index (χ4v) is 2.18. The van der Waals surface area contributed by atoms with Crippen LogP contribution < -0.4 is 0 Å². The Hall–Kier alpha value is -0.0900. The summed E-state index contributed by atoms with van der Waals surface area (Å²) in [5.74, 6) is 0. The zero-order valence-corrected chi connectivity index (χ0v) is 12.2. The summed E-state index contributed by atoms with van der Waals surface area (Å²) in [6.07, 6.45) is 0. The lowest BCUT2D eigenvalue weighted by molar-refractivity contribution is 0.112. The van der Waals surface area contributed by atoms with Gasteiger partial charge in [0, 0.05) is 29.2 Å². The zero-order chi connectivity index (χ0) is 12.1. The van der Waals surface area contributed by atoms with E-state index in [4.69, 9.17) is 16.3 Å². The highest BCUT2D eigenvalue weighted by molar-refractivity contribution is 9.10. The minimum Gasteiger partial charge on any atom is -0.383 e. The van der Waals surface area contributed by atoms with Gasteiger partial charge in [0.15, 0.2) is 0 Å². The van der Waals surface area contributed by atoms with Gasteiger partial charge in [0.2, 0.25) is 0 Å². The Kier molecular flexibility index (Phi) is 5.76. The molecular weight excluding hydrogens is 289 g/mol. The standard InChI is InChI=1S/C12H17BrClNO/c1-9(8-16-3)15(2)7-10-4-5-11(13)6-12(10)14/h4-6,9H,7-8H2,1-3H3. The van der Waals surface area contributed by atoms with E-state index in [1.807, 2.05) is 18.2 Å². The van der Waals surface area contributed by atoms with Crippen LogP contribution in [0, 0.1) is 0 Å². The van der Waals surface area contributed by atoms with Crippen molar-refractivity contribution in [2.24, 2.45) is 0 Å². The van der Waals surface area contributed by atoms with Crippen molar-refractivity contribution in [3.05, 3.63) is 33.3 Å². The molecule has 90 valence electrons. The summed E-state index contributed by atoms with van der Waals surface area (Å²) >= 11 is 9.57. The van der Waals surface area contributed by atoms with Crippen molar-refractivity contribution in [1.82, 2.24) is 4.90 Å². The molecule has 16 heavy (non-hydrogen) atoms. The van der Waals surface area contributed by atoms with Gasteiger partial charge in [-0.15, -0.1) is 0 Å². The predicted molar refractivity (Wildman–Crippen MR) is 72.0 cm³/mol. The monoisotopic (exact) mass is 305 g/mol. The summed E-state index contributed by atoms with van der Waals surface area (Å²) in [5, 5.41) is 0.797. The van der Waals surface area contributed by atoms with Gasteiger partial charge in [-0.05, 0) is 31.7 Å². The maximum atomic E-state index is 6.17. The minimum atomic E-state index is 0.379. The Morgan fingerprint density at radius 2 is 2.19 bits per heavy atom. The smallest absolute Gasteiger partial charge is 0.0615 e. The topological polar surface area (TPSA) is 12.5 Å². The molecule has 0 spiro atoms. The van der Waals surface area contributed by atoms with Crippen LogP contribution in [0.25, 0.3) is 0 Å².